The Morgan fingerprint density at radius 1 is 0.545 bits per heavy atom. The minimum atomic E-state index is -4.84. The van der Waals surface area contributed by atoms with Gasteiger partial charge in [0.05, 0.1) is 49.4 Å². The summed E-state index contributed by atoms with van der Waals surface area (Å²) in [7, 11) is -4.20. The molecule has 6 N–H and O–H groups in total. The van der Waals surface area contributed by atoms with Crippen LogP contribution < -0.4 is 24.5 Å². The van der Waals surface area contributed by atoms with E-state index in [0.29, 0.717) is 5.75 Å². The lowest BCUT2D eigenvalue weighted by molar-refractivity contribution is -0.210. The molecule has 0 aliphatic carbocycles. The number of nitrogens with one attached hydrogen (secondary N) is 1. The van der Waals surface area contributed by atoms with Crippen LogP contribution >= 0.6 is 0 Å². The Morgan fingerprint density at radius 3 is 1.18 bits per heavy atom. The number of methoxy groups -OCH3 is 4. The number of carbonyl (C=O) groups excluding carboxylic acids is 2. The molecule has 0 fully saturated rings. The Balaban J connectivity index is 0.000000242. The minimum Gasteiger partial charge on any atom is -0.744 e. The van der Waals surface area contributed by atoms with Crippen LogP contribution in [-0.4, -0.2) is 81.3 Å². The molecule has 0 heterocycles. The van der Waals surface area contributed by atoms with Gasteiger partial charge in [-0.15, -0.1) is 0 Å². The quantitative estimate of drug-likeness (QED) is 0.0490. The summed E-state index contributed by atoms with van der Waals surface area (Å²) in [6, 6.07) is 26.4. The van der Waals surface area contributed by atoms with E-state index >= 15 is 0 Å². The fourth-order valence-corrected chi connectivity index (χ4v) is 7.19. The van der Waals surface area contributed by atoms with Gasteiger partial charge in [0.1, 0.15) is 71.9 Å². The van der Waals surface area contributed by atoms with Gasteiger partial charge >= 0.3 is 0 Å². The number of ether oxygens (including phenoxy) is 4. The molecule has 6 aromatic carbocycles. The highest BCUT2D eigenvalue weighted by molar-refractivity contribution is 7.86. The van der Waals surface area contributed by atoms with E-state index in [-0.39, 0.29) is 45.2 Å². The van der Waals surface area contributed by atoms with Crippen molar-refractivity contribution < 1.29 is 75.3 Å². The zero-order valence-electron chi connectivity index (χ0n) is 36.4. The number of rotatable bonds is 12. The van der Waals surface area contributed by atoms with Gasteiger partial charge in [-0.05, 0) is 72.9 Å². The van der Waals surface area contributed by atoms with Gasteiger partial charge in [0.15, 0.2) is 11.6 Å². The molecule has 0 radical (unpaired) electrons. The first-order valence-corrected chi connectivity index (χ1v) is 21.6. The van der Waals surface area contributed by atoms with Crippen LogP contribution in [0.25, 0.3) is 0 Å². The molecule has 6 aromatic rings. The molecule has 0 aliphatic heterocycles. The van der Waals surface area contributed by atoms with Crippen LogP contribution in [0, 0.1) is 26.3 Å². The van der Waals surface area contributed by atoms with Gasteiger partial charge in [-0.1, -0.05) is 60.7 Å². The molecule has 21 heteroatoms. The third kappa shape index (κ3) is 13.6. The monoisotopic (exact) mass is 945 g/mol. The molecule has 0 bridgehead atoms. The molecule has 0 saturated carbocycles. The van der Waals surface area contributed by atoms with E-state index in [2.05, 4.69) is 10.2 Å². The van der Waals surface area contributed by atoms with Crippen LogP contribution in [0.2, 0.25) is 0 Å². The fraction of sp³-hybridized carbons (Fsp3) is 0.156. The van der Waals surface area contributed by atoms with Gasteiger partial charge in [-0.3, -0.25) is 9.59 Å². The molecule has 6 rings (SSSR count). The predicted molar refractivity (Wildman–Crippen MR) is 236 cm³/mol. The summed E-state index contributed by atoms with van der Waals surface area (Å²) >= 11 is 0. The van der Waals surface area contributed by atoms with Crippen molar-refractivity contribution in [3.63, 3.8) is 0 Å². The van der Waals surface area contributed by atoms with E-state index in [4.69, 9.17) is 30.0 Å². The molecular weight excluding hydrogens is 901 g/mol. The summed E-state index contributed by atoms with van der Waals surface area (Å²) in [6.07, 6.45) is 0. The van der Waals surface area contributed by atoms with Gasteiger partial charge in [-0.2, -0.15) is 10.6 Å². The van der Waals surface area contributed by atoms with Crippen molar-refractivity contribution in [3.05, 3.63) is 148 Å². The minimum absolute atomic E-state index is 0.0261. The highest BCUT2D eigenvalue weighted by Crippen LogP contribution is 2.36. The van der Waals surface area contributed by atoms with E-state index in [9.17, 15) is 50.8 Å². The maximum Gasteiger partial charge on any atom is 0.196 e. The number of hydrogen-bond acceptors (Lipinski definition) is 18. The van der Waals surface area contributed by atoms with Crippen molar-refractivity contribution in [3.8, 4) is 40.2 Å². The third-order valence-corrected chi connectivity index (χ3v) is 10.8. The molecule has 0 aliphatic rings. The second-order valence-corrected chi connectivity index (χ2v) is 16.2. The molecular formula is C45H45N4O15S2-. The van der Waals surface area contributed by atoms with Crippen molar-refractivity contribution >= 4 is 43.2 Å². The summed E-state index contributed by atoms with van der Waals surface area (Å²) < 4.78 is 86.7. The summed E-state index contributed by atoms with van der Waals surface area (Å²) in [5.41, 5.74) is 15.9. The van der Waals surface area contributed by atoms with Crippen LogP contribution in [0.1, 0.15) is 48.5 Å². The zero-order chi connectivity index (χ0) is 49.5. The Hall–Kier alpha value is -7.72. The first kappa shape index (κ1) is 52.6. The molecule has 0 saturated heterocycles. The lowest BCUT2D eigenvalue weighted by Gasteiger charge is -2.14. The molecule has 0 amide bonds. The number of phenolic OH excluding ortho intramolecular Hbond substituents is 3. The summed E-state index contributed by atoms with van der Waals surface area (Å²) in [6.45, 7) is 5.68. The number of aromatic hydroxyl groups is 3. The number of carbonyl (C=O) groups is 2. The van der Waals surface area contributed by atoms with E-state index < -0.39 is 53.1 Å². The number of phenols is 3. The SMILES string of the molecule is COc1cc(C)c(N=N)c(O)c1.COc1cc(C)c(N=[NH2+])c(C)c1.COc1cc(O)c(C(=O)c2ccccc2)cc1S(=O)(=O)[O-].COc1cc(O)c(C(=O)c2ccccc2)cc1S(=O)(=O)[O-]. The summed E-state index contributed by atoms with van der Waals surface area (Å²) in [5.74, 6) is -1.36. The average molecular weight is 946 g/mol. The lowest BCUT2D eigenvalue weighted by Crippen LogP contribution is -2.22. The predicted octanol–water partition coefficient (Wildman–Crippen LogP) is 6.60. The van der Waals surface area contributed by atoms with Crippen LogP contribution in [0.4, 0.5) is 11.4 Å². The second-order valence-electron chi connectivity index (χ2n) is 13.5. The molecule has 0 atom stereocenters. The van der Waals surface area contributed by atoms with E-state index in [1.54, 1.807) is 56.5 Å². The van der Waals surface area contributed by atoms with E-state index in [0.717, 1.165) is 66.6 Å². The van der Waals surface area contributed by atoms with Gasteiger partial charge in [0, 0.05) is 29.3 Å². The molecule has 0 aromatic heterocycles. The maximum absolute atomic E-state index is 12.2. The standard InChI is InChI=1S/2C14H12O6S.C9H12N2O.C8H10N2O2/c2*1-20-12-8-11(15)10(7-13(12)21(17,18)19)14(16)9-5-3-2-4-6-9;1-6-4-8(12-3)5-7(2)9(6)11-10;1-5-3-6(12-2)4-7(11)8(5)10-9/h2*2-8,15H,1H3,(H,17,18,19);4-5,10H,1-3H3;3-4,9,11H,1-2H3/p-1. The first-order valence-electron chi connectivity index (χ1n) is 18.8. The summed E-state index contributed by atoms with van der Waals surface area (Å²) in [5, 5.41) is 35.9. The van der Waals surface area contributed by atoms with Crippen LogP contribution in [0.3, 0.4) is 0 Å². The zero-order valence-corrected chi connectivity index (χ0v) is 38.1. The molecule has 0 unspecified atom stereocenters. The maximum atomic E-state index is 12.2. The molecule has 19 nitrogen and oxygen atoms in total. The second kappa shape index (κ2) is 23.3. The Morgan fingerprint density at radius 2 is 0.894 bits per heavy atom. The van der Waals surface area contributed by atoms with E-state index in [1.165, 1.54) is 37.4 Å². The third-order valence-electron chi connectivity index (χ3n) is 9.09. The average Bonchev–Trinajstić information content (AvgIpc) is 3.28. The van der Waals surface area contributed by atoms with Crippen LogP contribution in [-0.2, 0) is 20.2 Å². The number of hydrogen-bond donors (Lipinski definition) is 5. The van der Waals surface area contributed by atoms with Gasteiger partial charge in [0.25, 0.3) is 0 Å². The van der Waals surface area contributed by atoms with E-state index in [1.807, 2.05) is 26.0 Å². The molecule has 0 spiro atoms. The largest absolute Gasteiger partial charge is 0.744 e. The number of nitrogens with zero attached hydrogens (tertiary/aromatic N) is 2. The lowest BCUT2D eigenvalue weighted by atomic mass is 10.0. The summed E-state index contributed by atoms with van der Waals surface area (Å²) in [4.78, 5) is 23.1. The normalized spacial score (nSPS) is 10.6. The van der Waals surface area contributed by atoms with Crippen molar-refractivity contribution in [1.29, 1.82) is 5.53 Å². The van der Waals surface area contributed by atoms with Gasteiger partial charge in [0.2, 0.25) is 0 Å². The molecule has 348 valence electrons. The van der Waals surface area contributed by atoms with Crippen molar-refractivity contribution in [2.45, 2.75) is 30.6 Å². The Kier molecular flexibility index (Phi) is 18.6. The Labute approximate surface area is 380 Å². The van der Waals surface area contributed by atoms with Crippen LogP contribution in [0.15, 0.2) is 129 Å². The highest BCUT2D eigenvalue weighted by atomic mass is 32.2. The number of ketones is 2. The number of nitrogens with two attached hydrogens (primary N) is 1. The fourth-order valence-electron chi connectivity index (χ4n) is 5.89. The van der Waals surface area contributed by atoms with Crippen molar-refractivity contribution in [2.24, 2.45) is 10.2 Å². The first-order chi connectivity index (χ1) is 31.1. The topological polar surface area (TPSA) is 320 Å². The number of benzene rings is 6. The van der Waals surface area contributed by atoms with Crippen molar-refractivity contribution in [1.82, 2.24) is 0 Å². The molecule has 66 heavy (non-hydrogen) atoms. The number of aryl methyl sites for hydroxylation is 3. The Bertz CT molecular complexity index is 2700. The smallest absolute Gasteiger partial charge is 0.196 e. The van der Waals surface area contributed by atoms with Gasteiger partial charge < -0.3 is 43.4 Å². The van der Waals surface area contributed by atoms with Crippen molar-refractivity contribution in [2.75, 3.05) is 28.4 Å². The highest BCUT2D eigenvalue weighted by Gasteiger charge is 2.22. The van der Waals surface area contributed by atoms with Crippen LogP contribution in [0.5, 0.6) is 40.2 Å². The van der Waals surface area contributed by atoms with Gasteiger partial charge in [-0.25, -0.2) is 22.4 Å².